The number of nitrogens with one attached hydrogen (secondary N) is 1. The van der Waals surface area contributed by atoms with Gasteiger partial charge in [0.1, 0.15) is 11.8 Å². The first kappa shape index (κ1) is 21.6. The molecule has 0 aromatic heterocycles. The molecule has 154 valence electrons. The van der Waals surface area contributed by atoms with Crippen LogP contribution < -0.4 is 10.1 Å². The van der Waals surface area contributed by atoms with Crippen molar-refractivity contribution in [2.75, 3.05) is 33.3 Å². The van der Waals surface area contributed by atoms with Gasteiger partial charge in [0.15, 0.2) is 0 Å². The monoisotopic (exact) mass is 410 g/mol. The summed E-state index contributed by atoms with van der Waals surface area (Å²) in [5, 5.41) is 2.76. The fourth-order valence-corrected chi connectivity index (χ4v) is 2.97. The molecule has 0 amide bonds. The number of methoxy groups -OCH3 is 1. The average Bonchev–Trinajstić information content (AvgIpc) is 2.52. The van der Waals surface area contributed by atoms with Crippen LogP contribution >= 0.6 is 0 Å². The second kappa shape index (κ2) is 7.38. The zero-order valence-corrected chi connectivity index (χ0v) is 13.8. The largest absolute Gasteiger partial charge is 0.496 e. The van der Waals surface area contributed by atoms with E-state index in [1.54, 1.807) is 0 Å². The Morgan fingerprint density at radius 3 is 1.89 bits per heavy atom. The van der Waals surface area contributed by atoms with E-state index < -0.39 is 47.0 Å². The third-order valence-electron chi connectivity index (χ3n) is 4.09. The van der Waals surface area contributed by atoms with E-state index in [4.69, 9.17) is 0 Å². The van der Waals surface area contributed by atoms with Crippen LogP contribution in [-0.4, -0.2) is 44.4 Å². The number of benzene rings is 1. The van der Waals surface area contributed by atoms with Gasteiger partial charge in [-0.3, -0.25) is 4.90 Å². The van der Waals surface area contributed by atoms with Crippen molar-refractivity contribution in [3.63, 3.8) is 0 Å². The van der Waals surface area contributed by atoms with Gasteiger partial charge >= 0.3 is 18.5 Å². The number of hydrogen-bond acceptors (Lipinski definition) is 3. The van der Waals surface area contributed by atoms with Crippen molar-refractivity contribution in [2.45, 2.75) is 24.6 Å². The normalized spacial score (nSPS) is 18.4. The minimum absolute atomic E-state index is 0.0941. The lowest BCUT2D eigenvalue weighted by Crippen LogP contribution is -2.49. The Morgan fingerprint density at radius 1 is 0.926 bits per heavy atom. The third kappa shape index (κ3) is 4.78. The predicted molar refractivity (Wildman–Crippen MR) is 76.2 cm³/mol. The number of ether oxygens (including phenoxy) is 1. The van der Waals surface area contributed by atoms with Gasteiger partial charge in [-0.05, 0) is 12.1 Å². The van der Waals surface area contributed by atoms with E-state index >= 15 is 0 Å². The Morgan fingerprint density at radius 2 is 1.48 bits per heavy atom. The standard InChI is InChI=1S/C15H15F9N2O/c1-27-10-7-8(13(16,17)18)6-9(14(19,20)21)11(10)12(15(22,23)24)26-4-2-25-3-5-26/h6-7,12,25H,2-5H2,1H3/t12-/m1/s1. The fourth-order valence-electron chi connectivity index (χ4n) is 2.97. The maximum absolute atomic E-state index is 13.7. The zero-order chi connectivity index (χ0) is 20.6. The predicted octanol–water partition coefficient (Wildman–Crippen LogP) is 4.24. The first-order chi connectivity index (χ1) is 12.3. The number of rotatable bonds is 3. The Kier molecular flexibility index (Phi) is 5.91. The molecule has 0 radical (unpaired) electrons. The van der Waals surface area contributed by atoms with E-state index in [1.165, 1.54) is 0 Å². The number of piperazine rings is 1. The van der Waals surface area contributed by atoms with E-state index in [9.17, 15) is 39.5 Å². The van der Waals surface area contributed by atoms with Crippen LogP contribution in [0, 0.1) is 0 Å². The summed E-state index contributed by atoms with van der Waals surface area (Å²) in [5.74, 6) is -1.11. The van der Waals surface area contributed by atoms with Crippen LogP contribution in [0.3, 0.4) is 0 Å². The quantitative estimate of drug-likeness (QED) is 0.755. The molecule has 1 aromatic rings. The molecule has 1 fully saturated rings. The molecule has 0 unspecified atom stereocenters. The maximum atomic E-state index is 13.7. The van der Waals surface area contributed by atoms with Crippen LogP contribution in [0.15, 0.2) is 12.1 Å². The molecule has 1 N–H and O–H groups in total. The highest BCUT2D eigenvalue weighted by Gasteiger charge is 2.51. The van der Waals surface area contributed by atoms with Crippen LogP contribution in [0.25, 0.3) is 0 Å². The van der Waals surface area contributed by atoms with Gasteiger partial charge in [0, 0.05) is 31.7 Å². The van der Waals surface area contributed by atoms with Gasteiger partial charge in [-0.2, -0.15) is 39.5 Å². The lowest BCUT2D eigenvalue weighted by molar-refractivity contribution is -0.191. The molecule has 1 saturated heterocycles. The molecule has 1 aliphatic heterocycles. The number of alkyl halides is 9. The van der Waals surface area contributed by atoms with Crippen LogP contribution in [0.1, 0.15) is 22.7 Å². The number of hydrogen-bond donors (Lipinski definition) is 1. The summed E-state index contributed by atoms with van der Waals surface area (Å²) >= 11 is 0. The number of halogens is 9. The molecule has 1 aliphatic rings. The second-order valence-electron chi connectivity index (χ2n) is 5.87. The van der Waals surface area contributed by atoms with Crippen molar-refractivity contribution >= 4 is 0 Å². The summed E-state index contributed by atoms with van der Waals surface area (Å²) in [5.41, 5.74) is -5.13. The van der Waals surface area contributed by atoms with Crippen molar-refractivity contribution in [3.05, 3.63) is 28.8 Å². The fraction of sp³-hybridized carbons (Fsp3) is 0.600. The third-order valence-corrected chi connectivity index (χ3v) is 4.09. The molecule has 3 nitrogen and oxygen atoms in total. The topological polar surface area (TPSA) is 24.5 Å². The van der Waals surface area contributed by atoms with Crippen LogP contribution in [-0.2, 0) is 12.4 Å². The van der Waals surface area contributed by atoms with E-state index in [2.05, 4.69) is 10.1 Å². The lowest BCUT2D eigenvalue weighted by atomic mass is 9.93. The van der Waals surface area contributed by atoms with Gasteiger partial charge in [-0.1, -0.05) is 0 Å². The van der Waals surface area contributed by atoms with Crippen LogP contribution in [0.5, 0.6) is 5.75 Å². The molecule has 1 heterocycles. The van der Waals surface area contributed by atoms with E-state index in [1.807, 2.05) is 0 Å². The van der Waals surface area contributed by atoms with E-state index in [-0.39, 0.29) is 38.3 Å². The molecule has 1 aromatic carbocycles. The Bertz CT molecular complexity index is 661. The lowest BCUT2D eigenvalue weighted by Gasteiger charge is -2.37. The SMILES string of the molecule is COc1cc(C(F)(F)F)cc(C(F)(F)F)c1[C@@H](N1CCNCC1)C(F)(F)F. The summed E-state index contributed by atoms with van der Waals surface area (Å²) in [6.07, 6.45) is -15.8. The van der Waals surface area contributed by atoms with E-state index in [0.717, 1.165) is 12.0 Å². The van der Waals surface area contributed by atoms with Gasteiger partial charge in [-0.15, -0.1) is 0 Å². The molecule has 12 heteroatoms. The molecule has 1 atom stereocenters. The average molecular weight is 410 g/mol. The molecular formula is C15H15F9N2O. The highest BCUT2D eigenvalue weighted by Crippen LogP contribution is 2.49. The molecule has 27 heavy (non-hydrogen) atoms. The highest BCUT2D eigenvalue weighted by molar-refractivity contribution is 5.49. The Balaban J connectivity index is 2.77. The molecule has 2 rings (SSSR count). The van der Waals surface area contributed by atoms with Crippen molar-refractivity contribution in [2.24, 2.45) is 0 Å². The van der Waals surface area contributed by atoms with Gasteiger partial charge in [0.05, 0.1) is 18.2 Å². The van der Waals surface area contributed by atoms with Crippen molar-refractivity contribution in [1.82, 2.24) is 10.2 Å². The maximum Gasteiger partial charge on any atom is 0.416 e. The molecule has 0 aliphatic carbocycles. The summed E-state index contributed by atoms with van der Waals surface area (Å²) in [4.78, 5) is 0.747. The summed E-state index contributed by atoms with van der Waals surface area (Å²) in [6.45, 7) is -0.273. The first-order valence-electron chi connectivity index (χ1n) is 7.64. The van der Waals surface area contributed by atoms with Gasteiger partial charge in [0.2, 0.25) is 0 Å². The van der Waals surface area contributed by atoms with Crippen molar-refractivity contribution < 1.29 is 44.3 Å². The van der Waals surface area contributed by atoms with Crippen LogP contribution in [0.2, 0.25) is 0 Å². The summed E-state index contributed by atoms with van der Waals surface area (Å²) in [7, 11) is 0.727. The molecule has 0 bridgehead atoms. The minimum atomic E-state index is -5.44. The van der Waals surface area contributed by atoms with Gasteiger partial charge in [0.25, 0.3) is 0 Å². The summed E-state index contributed by atoms with van der Waals surface area (Å²) < 4.78 is 125. The molecule has 0 spiro atoms. The minimum Gasteiger partial charge on any atom is -0.496 e. The van der Waals surface area contributed by atoms with Crippen LogP contribution in [0.4, 0.5) is 39.5 Å². The molecule has 0 saturated carbocycles. The van der Waals surface area contributed by atoms with Crippen molar-refractivity contribution in [3.8, 4) is 5.75 Å². The van der Waals surface area contributed by atoms with Crippen molar-refractivity contribution in [1.29, 1.82) is 0 Å². The smallest absolute Gasteiger partial charge is 0.416 e. The Labute approximate surface area is 148 Å². The van der Waals surface area contributed by atoms with Gasteiger partial charge < -0.3 is 10.1 Å². The van der Waals surface area contributed by atoms with Gasteiger partial charge in [-0.25, -0.2) is 0 Å². The Hall–Kier alpha value is -1.69. The molecular weight excluding hydrogens is 395 g/mol. The summed E-state index contributed by atoms with van der Waals surface area (Å²) in [6, 6.07) is -2.90. The first-order valence-corrected chi connectivity index (χ1v) is 7.64. The number of nitrogens with zero attached hydrogens (tertiary/aromatic N) is 1. The highest BCUT2D eigenvalue weighted by atomic mass is 19.4. The zero-order valence-electron chi connectivity index (χ0n) is 13.8. The van der Waals surface area contributed by atoms with E-state index in [0.29, 0.717) is 0 Å². The second-order valence-corrected chi connectivity index (χ2v) is 5.87.